The molecule has 0 saturated carbocycles. The Labute approximate surface area is 120 Å². The molecular weight excluding hydrogens is 343 g/mol. The largest absolute Gasteiger partial charge is 0.368 e. The van der Waals surface area contributed by atoms with Gasteiger partial charge < -0.3 is 5.73 Å². The molecule has 0 aromatic heterocycles. The minimum absolute atomic E-state index is 0.0413. The van der Waals surface area contributed by atoms with E-state index < -0.39 is 0 Å². The van der Waals surface area contributed by atoms with Crippen LogP contribution in [-0.4, -0.2) is 35.7 Å². The van der Waals surface area contributed by atoms with Crippen LogP contribution in [0.25, 0.3) is 0 Å². The molecule has 1 saturated heterocycles. The first-order valence-corrected chi connectivity index (χ1v) is 6.98. The fourth-order valence-electron chi connectivity index (χ4n) is 2.25. The summed E-state index contributed by atoms with van der Waals surface area (Å²) in [6.45, 7) is 1.04. The molecular formula is C13H15IN2O2. The van der Waals surface area contributed by atoms with Crippen molar-refractivity contribution in [3.05, 3.63) is 33.4 Å². The highest BCUT2D eigenvalue weighted by Gasteiger charge is 2.30. The summed E-state index contributed by atoms with van der Waals surface area (Å²) in [5, 5.41) is 0. The number of likely N-dealkylation sites (tertiary alicyclic amines) is 1. The molecule has 1 aliphatic rings. The summed E-state index contributed by atoms with van der Waals surface area (Å²) in [4.78, 5) is 25.2. The van der Waals surface area contributed by atoms with E-state index in [2.05, 4.69) is 22.6 Å². The third kappa shape index (κ3) is 3.08. The number of benzene rings is 1. The Morgan fingerprint density at radius 2 is 2.00 bits per heavy atom. The first-order chi connectivity index (χ1) is 8.58. The van der Waals surface area contributed by atoms with Crippen LogP contribution in [0.5, 0.6) is 0 Å². The summed E-state index contributed by atoms with van der Waals surface area (Å²) in [6, 6.07) is 7.17. The number of rotatable bonds is 4. The second-order valence-electron chi connectivity index (χ2n) is 4.46. The van der Waals surface area contributed by atoms with Crippen LogP contribution < -0.4 is 5.73 Å². The molecule has 1 heterocycles. The maximum Gasteiger partial charge on any atom is 0.234 e. The van der Waals surface area contributed by atoms with E-state index in [1.807, 2.05) is 29.2 Å². The van der Waals surface area contributed by atoms with E-state index in [1.54, 1.807) is 0 Å². The highest BCUT2D eigenvalue weighted by Crippen LogP contribution is 2.17. The highest BCUT2D eigenvalue weighted by atomic mass is 127. The summed E-state index contributed by atoms with van der Waals surface area (Å²) in [6.07, 6.45) is 1.68. The van der Waals surface area contributed by atoms with Gasteiger partial charge in [-0.1, -0.05) is 12.1 Å². The van der Waals surface area contributed by atoms with Crippen molar-refractivity contribution in [2.45, 2.75) is 18.9 Å². The molecule has 0 bridgehead atoms. The van der Waals surface area contributed by atoms with E-state index in [0.717, 1.165) is 23.0 Å². The van der Waals surface area contributed by atoms with Crippen molar-refractivity contribution in [2.24, 2.45) is 5.73 Å². The number of nitrogens with two attached hydrogens (primary N) is 1. The third-order valence-corrected chi connectivity index (χ3v) is 3.92. The van der Waals surface area contributed by atoms with Crippen molar-refractivity contribution in [1.82, 2.24) is 4.90 Å². The Kier molecular flexibility index (Phi) is 4.34. The maximum atomic E-state index is 12.1. The average Bonchev–Trinajstić information content (AvgIpc) is 2.78. The molecule has 1 fully saturated rings. The molecule has 96 valence electrons. The van der Waals surface area contributed by atoms with Crippen LogP contribution in [-0.2, 0) is 4.79 Å². The number of Topliss-reactive ketones (excluding diaryl/α,β-unsaturated/α-hetero) is 1. The lowest BCUT2D eigenvalue weighted by Crippen LogP contribution is -2.42. The standard InChI is InChI=1S/C13H15IN2O2/c14-10-5-3-9(4-6-10)12(17)8-16-7-1-2-11(16)13(15)18/h3-6,11H,1-2,7-8H2,(H2,15,18). The second-order valence-corrected chi connectivity index (χ2v) is 5.71. The molecule has 1 atom stereocenters. The highest BCUT2D eigenvalue weighted by molar-refractivity contribution is 14.1. The van der Waals surface area contributed by atoms with E-state index in [4.69, 9.17) is 5.73 Å². The van der Waals surface area contributed by atoms with E-state index in [1.165, 1.54) is 0 Å². The Bertz CT molecular complexity index is 459. The molecule has 0 aliphatic carbocycles. The van der Waals surface area contributed by atoms with Gasteiger partial charge in [-0.15, -0.1) is 0 Å². The molecule has 1 aliphatic heterocycles. The van der Waals surface area contributed by atoms with Crippen LogP contribution in [0.3, 0.4) is 0 Å². The lowest BCUT2D eigenvalue weighted by Gasteiger charge is -2.20. The number of ketones is 1. The maximum absolute atomic E-state index is 12.1. The van der Waals surface area contributed by atoms with Gasteiger partial charge in [-0.25, -0.2) is 0 Å². The molecule has 2 rings (SSSR count). The van der Waals surface area contributed by atoms with E-state index in [9.17, 15) is 9.59 Å². The molecule has 1 aromatic carbocycles. The molecule has 1 amide bonds. The number of carbonyl (C=O) groups is 2. The van der Waals surface area contributed by atoms with Crippen molar-refractivity contribution in [3.8, 4) is 0 Å². The zero-order chi connectivity index (χ0) is 13.1. The molecule has 18 heavy (non-hydrogen) atoms. The first kappa shape index (κ1) is 13.5. The van der Waals surface area contributed by atoms with E-state index >= 15 is 0 Å². The van der Waals surface area contributed by atoms with Gasteiger partial charge in [0.15, 0.2) is 5.78 Å². The normalized spacial score (nSPS) is 19.9. The fraction of sp³-hybridized carbons (Fsp3) is 0.385. The molecule has 0 radical (unpaired) electrons. The summed E-state index contributed by atoms with van der Waals surface area (Å²) in [5.41, 5.74) is 6.02. The Morgan fingerprint density at radius 3 is 2.61 bits per heavy atom. The monoisotopic (exact) mass is 358 g/mol. The summed E-state index contributed by atoms with van der Waals surface area (Å²) in [7, 11) is 0. The number of carbonyl (C=O) groups excluding carboxylic acids is 2. The van der Waals surface area contributed by atoms with E-state index in [0.29, 0.717) is 5.56 Å². The minimum atomic E-state index is -0.331. The Morgan fingerprint density at radius 1 is 1.33 bits per heavy atom. The number of hydrogen-bond acceptors (Lipinski definition) is 3. The van der Waals surface area contributed by atoms with Gasteiger partial charge in [-0.3, -0.25) is 14.5 Å². The van der Waals surface area contributed by atoms with Crippen molar-refractivity contribution < 1.29 is 9.59 Å². The van der Waals surface area contributed by atoms with Crippen LogP contribution in [0.15, 0.2) is 24.3 Å². The fourth-order valence-corrected chi connectivity index (χ4v) is 2.61. The van der Waals surface area contributed by atoms with Crippen LogP contribution in [0.1, 0.15) is 23.2 Å². The summed E-state index contributed by atoms with van der Waals surface area (Å²) >= 11 is 2.20. The zero-order valence-corrected chi connectivity index (χ0v) is 12.1. The predicted octanol–water partition coefficient (Wildman–Crippen LogP) is 1.42. The Hall–Kier alpha value is -0.950. The Balaban J connectivity index is 2.03. The van der Waals surface area contributed by atoms with Crippen LogP contribution in [0, 0.1) is 3.57 Å². The van der Waals surface area contributed by atoms with Gasteiger partial charge in [0.1, 0.15) is 0 Å². The summed E-state index contributed by atoms with van der Waals surface area (Å²) < 4.78 is 1.10. The quantitative estimate of drug-likeness (QED) is 0.654. The molecule has 0 spiro atoms. The first-order valence-electron chi connectivity index (χ1n) is 5.90. The van der Waals surface area contributed by atoms with Crippen LogP contribution in [0.4, 0.5) is 0 Å². The molecule has 4 nitrogen and oxygen atoms in total. The number of hydrogen-bond donors (Lipinski definition) is 1. The minimum Gasteiger partial charge on any atom is -0.368 e. The number of primary amides is 1. The second kappa shape index (κ2) is 5.79. The van der Waals surface area contributed by atoms with Crippen molar-refractivity contribution in [3.63, 3.8) is 0 Å². The smallest absolute Gasteiger partial charge is 0.234 e. The van der Waals surface area contributed by atoms with Crippen molar-refractivity contribution >= 4 is 34.3 Å². The van der Waals surface area contributed by atoms with Crippen molar-refractivity contribution in [2.75, 3.05) is 13.1 Å². The SMILES string of the molecule is NC(=O)C1CCCN1CC(=O)c1ccc(I)cc1. The zero-order valence-electron chi connectivity index (χ0n) is 9.93. The van der Waals surface area contributed by atoms with Gasteiger partial charge in [-0.05, 0) is 54.1 Å². The van der Waals surface area contributed by atoms with Gasteiger partial charge in [0.05, 0.1) is 12.6 Å². The lowest BCUT2D eigenvalue weighted by atomic mass is 10.1. The van der Waals surface area contributed by atoms with Crippen molar-refractivity contribution in [1.29, 1.82) is 0 Å². The number of amides is 1. The van der Waals surface area contributed by atoms with E-state index in [-0.39, 0.29) is 24.3 Å². The topological polar surface area (TPSA) is 63.4 Å². The lowest BCUT2D eigenvalue weighted by molar-refractivity contribution is -0.122. The molecule has 1 aromatic rings. The average molecular weight is 358 g/mol. The van der Waals surface area contributed by atoms with Gasteiger partial charge in [0.2, 0.25) is 5.91 Å². The van der Waals surface area contributed by atoms with Gasteiger partial charge in [0.25, 0.3) is 0 Å². The van der Waals surface area contributed by atoms with Crippen LogP contribution in [0.2, 0.25) is 0 Å². The number of halogens is 1. The summed E-state index contributed by atoms with van der Waals surface area (Å²) in [5.74, 6) is -0.289. The molecule has 5 heteroatoms. The predicted molar refractivity (Wildman–Crippen MR) is 77.3 cm³/mol. The molecule has 2 N–H and O–H groups in total. The number of nitrogens with zero attached hydrogens (tertiary/aromatic N) is 1. The van der Waals surface area contributed by atoms with Gasteiger partial charge in [0, 0.05) is 9.13 Å². The third-order valence-electron chi connectivity index (χ3n) is 3.20. The van der Waals surface area contributed by atoms with Gasteiger partial charge in [-0.2, -0.15) is 0 Å². The van der Waals surface area contributed by atoms with Crippen LogP contribution >= 0.6 is 22.6 Å². The van der Waals surface area contributed by atoms with Gasteiger partial charge >= 0.3 is 0 Å². The molecule has 1 unspecified atom stereocenters.